The molecule has 3 rings (SSSR count). The Hall–Kier alpha value is -1.95. The standard InChI is InChI=1S/C19H21BrN2O3/c20-14-6-7-15-16(12-14)19(25)22(18(15)24)11-9-17(23)21-10-8-13-4-2-1-3-5-13/h4,6-7,12H,1-3,5,8-11H2,(H,21,23). The van der Waals surface area contributed by atoms with Crippen LogP contribution in [0.2, 0.25) is 0 Å². The summed E-state index contributed by atoms with van der Waals surface area (Å²) in [5.41, 5.74) is 2.21. The normalized spacial score (nSPS) is 16.7. The van der Waals surface area contributed by atoms with Crippen molar-refractivity contribution < 1.29 is 14.4 Å². The summed E-state index contributed by atoms with van der Waals surface area (Å²) in [4.78, 5) is 37.8. The first-order chi connectivity index (χ1) is 12.1. The number of allylic oxidation sites excluding steroid dienone is 1. The molecule has 6 heteroatoms. The van der Waals surface area contributed by atoms with Crippen molar-refractivity contribution in [2.45, 2.75) is 38.5 Å². The van der Waals surface area contributed by atoms with Gasteiger partial charge >= 0.3 is 0 Å². The van der Waals surface area contributed by atoms with Crippen LogP contribution in [0.4, 0.5) is 0 Å². The molecule has 0 aromatic heterocycles. The maximum atomic E-state index is 12.3. The molecular formula is C19H21BrN2O3. The zero-order chi connectivity index (χ0) is 17.8. The fraction of sp³-hybridized carbons (Fsp3) is 0.421. The van der Waals surface area contributed by atoms with Gasteiger partial charge in [0.1, 0.15) is 0 Å². The molecule has 0 fully saturated rings. The predicted molar refractivity (Wildman–Crippen MR) is 98.3 cm³/mol. The average molecular weight is 405 g/mol. The van der Waals surface area contributed by atoms with Crippen LogP contribution in [0.25, 0.3) is 0 Å². The summed E-state index contributed by atoms with van der Waals surface area (Å²) < 4.78 is 0.754. The van der Waals surface area contributed by atoms with E-state index in [0.29, 0.717) is 17.7 Å². The lowest BCUT2D eigenvalue weighted by atomic mass is 9.97. The molecule has 0 radical (unpaired) electrons. The molecule has 1 N–H and O–H groups in total. The lowest BCUT2D eigenvalue weighted by molar-refractivity contribution is -0.121. The molecule has 2 aliphatic rings. The first kappa shape index (κ1) is 17.9. The Bertz CT molecular complexity index is 742. The number of rotatable bonds is 6. The number of hydrogen-bond donors (Lipinski definition) is 1. The van der Waals surface area contributed by atoms with Crippen molar-refractivity contribution in [2.24, 2.45) is 0 Å². The van der Waals surface area contributed by atoms with Gasteiger partial charge in [-0.3, -0.25) is 19.3 Å². The van der Waals surface area contributed by atoms with Crippen LogP contribution in [0.1, 0.15) is 59.2 Å². The molecule has 132 valence electrons. The number of hydrogen-bond acceptors (Lipinski definition) is 3. The van der Waals surface area contributed by atoms with E-state index in [9.17, 15) is 14.4 Å². The molecular weight excluding hydrogens is 384 g/mol. The summed E-state index contributed by atoms with van der Waals surface area (Å²) in [6.45, 7) is 0.720. The Morgan fingerprint density at radius 1 is 1.16 bits per heavy atom. The van der Waals surface area contributed by atoms with E-state index >= 15 is 0 Å². The van der Waals surface area contributed by atoms with Crippen molar-refractivity contribution >= 4 is 33.7 Å². The Labute approximate surface area is 155 Å². The molecule has 0 saturated carbocycles. The monoisotopic (exact) mass is 404 g/mol. The minimum Gasteiger partial charge on any atom is -0.356 e. The number of carbonyl (C=O) groups excluding carboxylic acids is 3. The van der Waals surface area contributed by atoms with Crippen molar-refractivity contribution in [3.8, 4) is 0 Å². The topological polar surface area (TPSA) is 66.5 Å². The van der Waals surface area contributed by atoms with E-state index in [0.717, 1.165) is 28.6 Å². The molecule has 1 aromatic carbocycles. The second-order valence-electron chi connectivity index (χ2n) is 6.41. The van der Waals surface area contributed by atoms with Crippen molar-refractivity contribution in [3.63, 3.8) is 0 Å². The lowest BCUT2D eigenvalue weighted by Gasteiger charge is -2.15. The molecule has 0 atom stereocenters. The molecule has 5 nitrogen and oxygen atoms in total. The van der Waals surface area contributed by atoms with Gasteiger partial charge in [-0.1, -0.05) is 27.6 Å². The highest BCUT2D eigenvalue weighted by Gasteiger charge is 2.35. The highest BCUT2D eigenvalue weighted by atomic mass is 79.9. The van der Waals surface area contributed by atoms with Crippen molar-refractivity contribution in [1.29, 1.82) is 0 Å². The molecule has 25 heavy (non-hydrogen) atoms. The van der Waals surface area contributed by atoms with Gasteiger partial charge < -0.3 is 5.32 Å². The van der Waals surface area contributed by atoms with E-state index in [2.05, 4.69) is 27.3 Å². The van der Waals surface area contributed by atoms with Crippen LogP contribution in [-0.4, -0.2) is 35.7 Å². The van der Waals surface area contributed by atoms with Crippen LogP contribution in [-0.2, 0) is 4.79 Å². The van der Waals surface area contributed by atoms with E-state index in [1.165, 1.54) is 18.4 Å². The van der Waals surface area contributed by atoms with E-state index < -0.39 is 0 Å². The van der Waals surface area contributed by atoms with E-state index in [4.69, 9.17) is 0 Å². The largest absolute Gasteiger partial charge is 0.356 e. The van der Waals surface area contributed by atoms with Gasteiger partial charge in [0.2, 0.25) is 5.91 Å². The third kappa shape index (κ3) is 4.18. The van der Waals surface area contributed by atoms with Crippen molar-refractivity contribution in [1.82, 2.24) is 10.2 Å². The van der Waals surface area contributed by atoms with Gasteiger partial charge in [0, 0.05) is 24.0 Å². The Balaban J connectivity index is 1.47. The van der Waals surface area contributed by atoms with Gasteiger partial charge in [-0.15, -0.1) is 0 Å². The lowest BCUT2D eigenvalue weighted by Crippen LogP contribution is -2.34. The zero-order valence-electron chi connectivity index (χ0n) is 14.0. The maximum Gasteiger partial charge on any atom is 0.261 e. The Morgan fingerprint density at radius 3 is 2.72 bits per heavy atom. The van der Waals surface area contributed by atoms with Gasteiger partial charge in [0.15, 0.2) is 0 Å². The molecule has 0 saturated heterocycles. The molecule has 0 bridgehead atoms. The van der Waals surface area contributed by atoms with Crippen LogP contribution in [0, 0.1) is 0 Å². The molecule has 1 aliphatic carbocycles. The van der Waals surface area contributed by atoms with Crippen LogP contribution >= 0.6 is 15.9 Å². The summed E-state index contributed by atoms with van der Waals surface area (Å²) >= 11 is 3.30. The number of nitrogens with zero attached hydrogens (tertiary/aromatic N) is 1. The summed E-state index contributed by atoms with van der Waals surface area (Å²) in [5.74, 6) is -0.789. The van der Waals surface area contributed by atoms with E-state index in [-0.39, 0.29) is 30.7 Å². The molecule has 0 spiro atoms. The predicted octanol–water partition coefficient (Wildman–Crippen LogP) is 3.44. The summed E-state index contributed by atoms with van der Waals surface area (Å²) in [5, 5.41) is 2.88. The molecule has 1 aliphatic heterocycles. The van der Waals surface area contributed by atoms with E-state index in [1.54, 1.807) is 18.2 Å². The summed E-state index contributed by atoms with van der Waals surface area (Å²) in [6.07, 6.45) is 8.03. The number of fused-ring (bicyclic) bond motifs is 1. The molecule has 0 unspecified atom stereocenters. The van der Waals surface area contributed by atoms with Gasteiger partial charge in [0.05, 0.1) is 11.1 Å². The Morgan fingerprint density at radius 2 is 1.96 bits per heavy atom. The number of amides is 3. The first-order valence-corrected chi connectivity index (χ1v) is 9.46. The maximum absolute atomic E-state index is 12.3. The number of nitrogens with one attached hydrogen (secondary N) is 1. The zero-order valence-corrected chi connectivity index (χ0v) is 15.6. The Kier molecular flexibility index (Phi) is 5.68. The number of carbonyl (C=O) groups is 3. The third-order valence-corrected chi connectivity index (χ3v) is 5.14. The minimum absolute atomic E-state index is 0.110. The minimum atomic E-state index is -0.332. The van der Waals surface area contributed by atoms with E-state index in [1.807, 2.05) is 0 Å². The van der Waals surface area contributed by atoms with Crippen LogP contribution in [0.15, 0.2) is 34.3 Å². The van der Waals surface area contributed by atoms with Crippen LogP contribution in [0.3, 0.4) is 0 Å². The van der Waals surface area contributed by atoms with Crippen molar-refractivity contribution in [2.75, 3.05) is 13.1 Å². The quantitative estimate of drug-likeness (QED) is 0.583. The second-order valence-corrected chi connectivity index (χ2v) is 7.33. The SMILES string of the molecule is O=C(CCN1C(=O)c2ccc(Br)cc2C1=O)NCCC1=CCCCC1. The fourth-order valence-corrected chi connectivity index (χ4v) is 3.62. The summed E-state index contributed by atoms with van der Waals surface area (Å²) in [7, 11) is 0. The average Bonchev–Trinajstić information content (AvgIpc) is 2.84. The molecule has 1 heterocycles. The smallest absolute Gasteiger partial charge is 0.261 e. The van der Waals surface area contributed by atoms with Crippen LogP contribution < -0.4 is 5.32 Å². The molecule has 1 aromatic rings. The highest BCUT2D eigenvalue weighted by Crippen LogP contribution is 2.26. The van der Waals surface area contributed by atoms with Crippen molar-refractivity contribution in [3.05, 3.63) is 45.4 Å². The fourth-order valence-electron chi connectivity index (χ4n) is 3.26. The van der Waals surface area contributed by atoms with Gasteiger partial charge in [-0.25, -0.2) is 0 Å². The summed E-state index contributed by atoms with van der Waals surface area (Å²) in [6, 6.07) is 5.02. The van der Waals surface area contributed by atoms with Crippen LogP contribution in [0.5, 0.6) is 0 Å². The second kappa shape index (κ2) is 7.95. The van der Waals surface area contributed by atoms with Gasteiger partial charge in [-0.05, 0) is 50.3 Å². The highest BCUT2D eigenvalue weighted by molar-refractivity contribution is 9.10. The molecule has 3 amide bonds. The van der Waals surface area contributed by atoms with Gasteiger partial charge in [-0.2, -0.15) is 0 Å². The first-order valence-electron chi connectivity index (χ1n) is 8.66. The van der Waals surface area contributed by atoms with Gasteiger partial charge in [0.25, 0.3) is 11.8 Å². The third-order valence-electron chi connectivity index (χ3n) is 4.65. The number of benzene rings is 1. The number of halogens is 1. The number of imide groups is 1.